The summed E-state index contributed by atoms with van der Waals surface area (Å²) in [4.78, 5) is 9.51. The maximum absolute atomic E-state index is 4.57. The second kappa shape index (κ2) is 7.44. The number of likely N-dealkylation sites (tertiary alicyclic amines) is 1. The van der Waals surface area contributed by atoms with Gasteiger partial charge in [0, 0.05) is 44.1 Å². The molecule has 144 valence electrons. The van der Waals surface area contributed by atoms with Crippen molar-refractivity contribution in [2.75, 3.05) is 27.2 Å². The second-order valence-corrected chi connectivity index (χ2v) is 8.15. The topological polar surface area (TPSA) is 41.6 Å². The summed E-state index contributed by atoms with van der Waals surface area (Å²) in [5, 5.41) is 4.41. The molecule has 0 saturated carbocycles. The van der Waals surface area contributed by atoms with Gasteiger partial charge in [-0.2, -0.15) is 5.10 Å². The minimum Gasteiger partial charge on any atom is -0.303 e. The first-order chi connectivity index (χ1) is 13.0. The number of aryl methyl sites for hydroxylation is 2. The summed E-state index contributed by atoms with van der Waals surface area (Å²) in [6, 6.07) is 4.73. The number of rotatable bonds is 5. The molecule has 0 bridgehead atoms. The van der Waals surface area contributed by atoms with Gasteiger partial charge in [-0.15, -0.1) is 0 Å². The molecule has 1 saturated heterocycles. The first-order valence-corrected chi connectivity index (χ1v) is 9.81. The molecular formula is C21H30N6. The fourth-order valence-electron chi connectivity index (χ4n) is 4.56. The molecule has 1 aliphatic heterocycles. The number of pyridine rings is 1. The van der Waals surface area contributed by atoms with Crippen molar-refractivity contribution in [3.8, 4) is 0 Å². The van der Waals surface area contributed by atoms with E-state index in [2.05, 4.69) is 69.8 Å². The van der Waals surface area contributed by atoms with Gasteiger partial charge in [-0.25, -0.2) is 4.98 Å². The van der Waals surface area contributed by atoms with E-state index in [1.165, 1.54) is 29.7 Å². The molecule has 6 heteroatoms. The number of aromatic nitrogens is 4. The van der Waals surface area contributed by atoms with Crippen molar-refractivity contribution in [2.45, 2.75) is 32.4 Å². The summed E-state index contributed by atoms with van der Waals surface area (Å²) in [6.07, 6.45) is 10.9. The molecule has 0 N–H and O–H groups in total. The van der Waals surface area contributed by atoms with Crippen molar-refractivity contribution in [3.05, 3.63) is 53.7 Å². The van der Waals surface area contributed by atoms with Crippen LogP contribution in [0.4, 0.5) is 0 Å². The zero-order valence-electron chi connectivity index (χ0n) is 16.8. The Morgan fingerprint density at radius 3 is 2.89 bits per heavy atom. The van der Waals surface area contributed by atoms with Gasteiger partial charge in [0.05, 0.1) is 18.1 Å². The molecule has 1 fully saturated rings. The molecular weight excluding hydrogens is 336 g/mol. The highest BCUT2D eigenvalue weighted by molar-refractivity contribution is 5.42. The average Bonchev–Trinajstić information content (AvgIpc) is 3.21. The lowest BCUT2D eigenvalue weighted by Crippen LogP contribution is -2.40. The van der Waals surface area contributed by atoms with Crippen LogP contribution < -0.4 is 0 Å². The van der Waals surface area contributed by atoms with Crippen molar-refractivity contribution < 1.29 is 0 Å². The molecule has 0 aromatic carbocycles. The first-order valence-electron chi connectivity index (χ1n) is 9.81. The number of piperidine rings is 1. The van der Waals surface area contributed by atoms with Crippen LogP contribution in [0.15, 0.2) is 36.9 Å². The third-order valence-corrected chi connectivity index (χ3v) is 5.80. The van der Waals surface area contributed by atoms with Crippen molar-refractivity contribution >= 4 is 5.65 Å². The Bertz CT molecular complexity index is 910. The first kappa shape index (κ1) is 18.2. The van der Waals surface area contributed by atoms with Crippen LogP contribution >= 0.6 is 0 Å². The normalized spacial score (nSPS) is 21.4. The van der Waals surface area contributed by atoms with E-state index in [1.807, 2.05) is 24.1 Å². The van der Waals surface area contributed by atoms with Crippen molar-refractivity contribution in [2.24, 2.45) is 13.0 Å². The molecule has 0 aliphatic carbocycles. The summed E-state index contributed by atoms with van der Waals surface area (Å²) < 4.78 is 4.12. The standard InChI is InChI=1S/C21H30N6/c1-16-7-9-27-19(12-22-20(27)10-16)15-24(2)13-17-6-5-8-25(3)21(17)18-11-23-26(4)14-18/h7,9-12,14,17,21H,5-6,8,13,15H2,1-4H3/t17-,21+/m0/s1. The fourth-order valence-corrected chi connectivity index (χ4v) is 4.56. The smallest absolute Gasteiger partial charge is 0.137 e. The van der Waals surface area contributed by atoms with Crippen molar-refractivity contribution in [1.29, 1.82) is 0 Å². The Balaban J connectivity index is 1.49. The SMILES string of the molecule is Cc1ccn2c(CN(C)C[C@@H]3CCCN(C)[C@H]3c3cnn(C)c3)cnc2c1. The van der Waals surface area contributed by atoms with E-state index in [0.29, 0.717) is 12.0 Å². The van der Waals surface area contributed by atoms with E-state index < -0.39 is 0 Å². The number of hydrogen-bond acceptors (Lipinski definition) is 4. The monoisotopic (exact) mass is 366 g/mol. The van der Waals surface area contributed by atoms with Crippen LogP contribution in [0, 0.1) is 12.8 Å². The molecule has 6 nitrogen and oxygen atoms in total. The summed E-state index contributed by atoms with van der Waals surface area (Å²) in [5.74, 6) is 0.611. The van der Waals surface area contributed by atoms with E-state index in [-0.39, 0.29) is 0 Å². The minimum absolute atomic E-state index is 0.444. The molecule has 3 aromatic heterocycles. The third-order valence-electron chi connectivity index (χ3n) is 5.80. The Kier molecular flexibility index (Phi) is 5.02. The number of hydrogen-bond donors (Lipinski definition) is 0. The van der Waals surface area contributed by atoms with Crippen LogP contribution in [0.3, 0.4) is 0 Å². The van der Waals surface area contributed by atoms with Crippen LogP contribution in [0.5, 0.6) is 0 Å². The lowest BCUT2D eigenvalue weighted by atomic mass is 9.85. The van der Waals surface area contributed by atoms with Gasteiger partial charge < -0.3 is 9.30 Å². The highest BCUT2D eigenvalue weighted by Gasteiger charge is 2.32. The summed E-state index contributed by atoms with van der Waals surface area (Å²) in [5.41, 5.74) is 4.86. The maximum Gasteiger partial charge on any atom is 0.137 e. The van der Waals surface area contributed by atoms with Crippen LogP contribution in [0.25, 0.3) is 5.65 Å². The molecule has 4 heterocycles. The van der Waals surface area contributed by atoms with E-state index in [1.54, 1.807) is 0 Å². The predicted octanol–water partition coefficient (Wildman–Crippen LogP) is 2.89. The van der Waals surface area contributed by atoms with E-state index in [9.17, 15) is 0 Å². The number of nitrogens with zero attached hydrogens (tertiary/aromatic N) is 6. The number of fused-ring (bicyclic) bond motifs is 1. The summed E-state index contributed by atoms with van der Waals surface area (Å²) in [6.45, 7) is 5.25. The van der Waals surface area contributed by atoms with Gasteiger partial charge in [0.15, 0.2) is 0 Å². The molecule has 3 aromatic rings. The predicted molar refractivity (Wildman–Crippen MR) is 108 cm³/mol. The third kappa shape index (κ3) is 3.77. The lowest BCUT2D eigenvalue weighted by Gasteiger charge is -2.40. The highest BCUT2D eigenvalue weighted by atomic mass is 15.3. The van der Waals surface area contributed by atoms with Crippen LogP contribution in [0.2, 0.25) is 0 Å². The van der Waals surface area contributed by atoms with Gasteiger partial charge in [-0.1, -0.05) is 0 Å². The van der Waals surface area contributed by atoms with Gasteiger partial charge in [-0.05, 0) is 64.0 Å². The average molecular weight is 367 g/mol. The maximum atomic E-state index is 4.57. The van der Waals surface area contributed by atoms with Gasteiger partial charge in [0.25, 0.3) is 0 Å². The molecule has 2 atom stereocenters. The van der Waals surface area contributed by atoms with Gasteiger partial charge in [-0.3, -0.25) is 9.58 Å². The van der Waals surface area contributed by atoms with Gasteiger partial charge >= 0.3 is 0 Å². The molecule has 0 radical (unpaired) electrons. The van der Waals surface area contributed by atoms with Crippen molar-refractivity contribution in [1.82, 2.24) is 29.0 Å². The number of imidazole rings is 1. The molecule has 4 rings (SSSR count). The van der Waals surface area contributed by atoms with Crippen LogP contribution in [-0.4, -0.2) is 56.1 Å². The van der Waals surface area contributed by atoms with Crippen molar-refractivity contribution in [3.63, 3.8) is 0 Å². The molecule has 0 unspecified atom stereocenters. The minimum atomic E-state index is 0.444. The molecule has 27 heavy (non-hydrogen) atoms. The van der Waals surface area contributed by atoms with Gasteiger partial charge in [0.1, 0.15) is 5.65 Å². The fraction of sp³-hybridized carbons (Fsp3) is 0.524. The summed E-state index contributed by atoms with van der Waals surface area (Å²) in [7, 11) is 6.47. The van der Waals surface area contributed by atoms with E-state index in [0.717, 1.165) is 25.3 Å². The Morgan fingerprint density at radius 1 is 1.26 bits per heavy atom. The molecule has 0 spiro atoms. The lowest BCUT2D eigenvalue weighted by molar-refractivity contribution is 0.0922. The summed E-state index contributed by atoms with van der Waals surface area (Å²) >= 11 is 0. The largest absolute Gasteiger partial charge is 0.303 e. The molecule has 1 aliphatic rings. The highest BCUT2D eigenvalue weighted by Crippen LogP contribution is 2.35. The Labute approximate surface area is 161 Å². The second-order valence-electron chi connectivity index (χ2n) is 8.15. The van der Waals surface area contributed by atoms with Crippen LogP contribution in [-0.2, 0) is 13.6 Å². The van der Waals surface area contributed by atoms with Crippen LogP contribution in [0.1, 0.15) is 35.7 Å². The van der Waals surface area contributed by atoms with E-state index in [4.69, 9.17) is 0 Å². The van der Waals surface area contributed by atoms with E-state index >= 15 is 0 Å². The quantitative estimate of drug-likeness (QED) is 0.696. The Morgan fingerprint density at radius 2 is 2.11 bits per heavy atom. The zero-order chi connectivity index (χ0) is 19.0. The molecule has 0 amide bonds. The van der Waals surface area contributed by atoms with Gasteiger partial charge in [0.2, 0.25) is 0 Å². The Hall–Kier alpha value is -2.18. The zero-order valence-corrected chi connectivity index (χ0v) is 16.8.